The summed E-state index contributed by atoms with van der Waals surface area (Å²) < 4.78 is 27.3. The molecular formula is C63H83N15O6. The van der Waals surface area contributed by atoms with Gasteiger partial charge in [-0.05, 0) is 110 Å². The summed E-state index contributed by atoms with van der Waals surface area (Å²) in [5.41, 5.74) is 10.3. The highest BCUT2D eigenvalue weighted by atomic mass is 16.5. The van der Waals surface area contributed by atoms with Gasteiger partial charge in [0, 0.05) is 137 Å². The molecule has 1 unspecified atom stereocenters. The molecule has 7 atom stereocenters. The summed E-state index contributed by atoms with van der Waals surface area (Å²) in [5.74, 6) is 6.42. The summed E-state index contributed by atoms with van der Waals surface area (Å²) >= 11 is 0. The highest BCUT2D eigenvalue weighted by molar-refractivity contribution is 5.88. The van der Waals surface area contributed by atoms with Crippen LogP contribution in [-0.2, 0) is 48.4 Å². The Balaban J connectivity index is 0.749. The third kappa shape index (κ3) is 9.55. The van der Waals surface area contributed by atoms with Crippen LogP contribution in [0.25, 0.3) is 0 Å². The first-order valence-electron chi connectivity index (χ1n) is 31.1. The minimum Gasteiger partial charge on any atom is -0.484 e. The van der Waals surface area contributed by atoms with Gasteiger partial charge in [0.25, 0.3) is 11.8 Å². The molecule has 0 aliphatic carbocycles. The first kappa shape index (κ1) is 54.8. The zero-order chi connectivity index (χ0) is 57.7. The van der Waals surface area contributed by atoms with Crippen LogP contribution >= 0.6 is 0 Å². The Bertz CT molecular complexity index is 3270. The second-order valence-corrected chi connectivity index (χ2v) is 25.5. The number of amides is 2. The first-order valence-corrected chi connectivity index (χ1v) is 31.1. The number of anilines is 6. The van der Waals surface area contributed by atoms with Crippen molar-refractivity contribution in [2.75, 3.05) is 149 Å². The molecule has 4 saturated heterocycles. The Hall–Kier alpha value is -7.13. The molecule has 21 heteroatoms. The number of fused-ring (bicyclic) bond motifs is 12. The van der Waals surface area contributed by atoms with Gasteiger partial charge in [0.2, 0.25) is 23.3 Å². The number of carbonyl (C=O) groups is 2. The van der Waals surface area contributed by atoms with Crippen LogP contribution in [-0.4, -0.2) is 213 Å². The molecule has 0 radical (unpaired) electrons. The molecule has 0 N–H and O–H groups in total. The van der Waals surface area contributed by atoms with E-state index < -0.39 is 0 Å². The molecule has 84 heavy (non-hydrogen) atoms. The van der Waals surface area contributed by atoms with Crippen LogP contribution in [0, 0.1) is 0 Å². The number of likely N-dealkylation sites (tertiary alicyclic amines) is 2. The van der Waals surface area contributed by atoms with Crippen LogP contribution < -0.4 is 48.3 Å². The summed E-state index contributed by atoms with van der Waals surface area (Å²) in [4.78, 5) is 76.1. The fraction of sp³-hybridized carbons (Fsp3) is 0.603. The fourth-order valence-corrected chi connectivity index (χ4v) is 15.6. The molecule has 4 aromatic heterocycles. The minimum atomic E-state index is -0.0494. The molecule has 0 aromatic carbocycles. The Labute approximate surface area is 494 Å². The van der Waals surface area contributed by atoms with Gasteiger partial charge >= 0.3 is 0 Å². The van der Waals surface area contributed by atoms with Crippen molar-refractivity contribution in [1.82, 2.24) is 44.5 Å². The maximum Gasteiger partial charge on any atom is 0.259 e. The molecule has 10 aliphatic heterocycles. The summed E-state index contributed by atoms with van der Waals surface area (Å²) in [6.45, 7) is 22.8. The second kappa shape index (κ2) is 22.1. The third-order valence-corrected chi connectivity index (χ3v) is 20.3. The average molecular weight is 1150 g/mol. The molecule has 10 aliphatic rings. The molecule has 0 bridgehead atoms. The number of hydrogen-bond acceptors (Lipinski definition) is 19. The predicted molar refractivity (Wildman–Crippen MR) is 324 cm³/mol. The highest BCUT2D eigenvalue weighted by Crippen LogP contribution is 2.50. The number of likely N-dealkylation sites (N-methyl/N-ethyl adjacent to an activating group) is 2. The summed E-state index contributed by atoms with van der Waals surface area (Å²) in [5, 5.41) is 0. The van der Waals surface area contributed by atoms with E-state index in [1.54, 1.807) is 0 Å². The normalized spacial score (nSPS) is 26.4. The number of pyridine rings is 3. The van der Waals surface area contributed by atoms with Crippen molar-refractivity contribution >= 4 is 46.3 Å². The summed E-state index contributed by atoms with van der Waals surface area (Å²) in [7, 11) is 8.71. The van der Waals surface area contributed by atoms with Crippen LogP contribution in [0.3, 0.4) is 0 Å². The molecule has 0 spiro atoms. The van der Waals surface area contributed by atoms with Crippen molar-refractivity contribution in [3.63, 3.8) is 0 Å². The lowest BCUT2D eigenvalue weighted by Gasteiger charge is -2.49. The van der Waals surface area contributed by atoms with Gasteiger partial charge < -0.3 is 63.0 Å². The van der Waals surface area contributed by atoms with E-state index in [1.807, 2.05) is 16.0 Å². The Morgan fingerprint density at radius 2 is 1.19 bits per heavy atom. The topological polar surface area (TPSA) is 168 Å². The van der Waals surface area contributed by atoms with Crippen LogP contribution in [0.4, 0.5) is 34.5 Å². The van der Waals surface area contributed by atoms with Gasteiger partial charge in [-0.3, -0.25) is 14.5 Å². The van der Waals surface area contributed by atoms with E-state index in [0.717, 1.165) is 149 Å². The zero-order valence-corrected chi connectivity index (χ0v) is 50.1. The van der Waals surface area contributed by atoms with Crippen molar-refractivity contribution in [3.8, 4) is 23.3 Å². The minimum absolute atomic E-state index is 0.000981. The van der Waals surface area contributed by atoms with Crippen LogP contribution in [0.15, 0.2) is 37.6 Å². The number of rotatable bonds is 11. The number of hydrogen-bond donors (Lipinski definition) is 0. The predicted octanol–water partition coefficient (Wildman–Crippen LogP) is 4.86. The number of nitrogens with zero attached hydrogens (tertiary/aromatic N) is 15. The molecule has 21 nitrogen and oxygen atoms in total. The average Bonchev–Trinajstić information content (AvgIpc) is 1.61. The van der Waals surface area contributed by atoms with Crippen LogP contribution in [0.1, 0.15) is 91.3 Å². The second-order valence-electron chi connectivity index (χ2n) is 25.5. The lowest BCUT2D eigenvalue weighted by Crippen LogP contribution is -2.62. The quantitative estimate of drug-likeness (QED) is 0.187. The summed E-state index contributed by atoms with van der Waals surface area (Å²) in [6.07, 6.45) is 13.4. The van der Waals surface area contributed by atoms with E-state index in [4.69, 9.17) is 43.9 Å². The van der Waals surface area contributed by atoms with Gasteiger partial charge in [-0.2, -0.15) is 0 Å². The van der Waals surface area contributed by atoms with E-state index >= 15 is 0 Å². The summed E-state index contributed by atoms with van der Waals surface area (Å²) in [6, 6.07) is 2.50. The fourth-order valence-electron chi connectivity index (χ4n) is 15.6. The molecule has 446 valence electrons. The molecule has 2 amide bonds. The van der Waals surface area contributed by atoms with Gasteiger partial charge in [0.15, 0.2) is 0 Å². The molecule has 14 rings (SSSR count). The van der Waals surface area contributed by atoms with Gasteiger partial charge in [-0.25, -0.2) is 24.9 Å². The van der Waals surface area contributed by atoms with E-state index in [0.29, 0.717) is 89.2 Å². The number of ether oxygens (including phenoxy) is 4. The van der Waals surface area contributed by atoms with E-state index in [2.05, 4.69) is 100 Å². The van der Waals surface area contributed by atoms with Crippen molar-refractivity contribution in [2.24, 2.45) is 0 Å². The Kier molecular flexibility index (Phi) is 14.4. The van der Waals surface area contributed by atoms with E-state index in [1.165, 1.54) is 40.1 Å². The SMILES string of the molecule is C=CC(=O)N1C[C@@H]2COc3c(OC[C@@H]4CC(c5nc6c(c(N7CCc8c(nc(OC[C@@H]9CCCN9C)c9c8N8C[C@@H](C)N(C(=O)C=C)C[C@@H]8CO9)C7)n5)CCCN6C)CN4C)nc4c(c3N2C[C@H]1C)CCN(c1nccc2c1CCCN2C)C4. The zero-order valence-electron chi connectivity index (χ0n) is 50.1. The molecule has 4 aromatic rings. The molecule has 4 fully saturated rings. The van der Waals surface area contributed by atoms with Crippen molar-refractivity contribution in [2.45, 2.75) is 127 Å². The monoisotopic (exact) mass is 1150 g/mol. The van der Waals surface area contributed by atoms with Gasteiger partial charge in [0.05, 0.1) is 47.9 Å². The molecule has 0 saturated carbocycles. The Morgan fingerprint density at radius 1 is 0.619 bits per heavy atom. The van der Waals surface area contributed by atoms with Gasteiger partial charge in [-0.15, -0.1) is 0 Å². The molecule has 14 heterocycles. The van der Waals surface area contributed by atoms with Crippen molar-refractivity contribution in [1.29, 1.82) is 0 Å². The van der Waals surface area contributed by atoms with Crippen LogP contribution in [0.2, 0.25) is 0 Å². The largest absolute Gasteiger partial charge is 0.484 e. The first-order chi connectivity index (χ1) is 40.8. The number of aromatic nitrogens is 5. The Morgan fingerprint density at radius 3 is 1.79 bits per heavy atom. The van der Waals surface area contributed by atoms with Gasteiger partial charge in [0.1, 0.15) is 49.7 Å². The smallest absolute Gasteiger partial charge is 0.259 e. The lowest BCUT2D eigenvalue weighted by atomic mass is 9.96. The standard InChI is InChI=1S/C63H83N15O6/c1-9-52(79)75-30-43-36-81-56-55(78(43)28-39(75)4)46-19-25-74(33-50(46)66-62(56)83-34-41-14-11-21-69(41)5)61-48-16-13-23-71(7)60(48)67-58(68-61)40-26-42(72(8)29-40)35-84-63-57-54(77-27-38(3)76(53(80)10-2)31-44(77)37-82-57)45-18-24-73(32-49(45)65-63)59-47-15-12-22-70(6)51(47)17-20-64-59/h9-10,17,20,38-44H,1-2,11-16,18-19,21-37H2,3-8H3/t38-,39-,40?,41+,42+,43-,44-/m1/s1. The highest BCUT2D eigenvalue weighted by Gasteiger charge is 2.45. The van der Waals surface area contributed by atoms with Crippen molar-refractivity contribution < 1.29 is 28.5 Å². The lowest BCUT2D eigenvalue weighted by molar-refractivity contribution is -0.130. The number of carbonyl (C=O) groups excluding carboxylic acids is 2. The third-order valence-electron chi connectivity index (χ3n) is 20.3. The maximum absolute atomic E-state index is 13.1. The van der Waals surface area contributed by atoms with E-state index in [-0.39, 0.29) is 47.9 Å². The van der Waals surface area contributed by atoms with Crippen LogP contribution in [0.5, 0.6) is 23.3 Å². The van der Waals surface area contributed by atoms with E-state index in [9.17, 15) is 9.59 Å². The van der Waals surface area contributed by atoms with Crippen molar-refractivity contribution in [3.05, 3.63) is 77.0 Å². The van der Waals surface area contributed by atoms with Gasteiger partial charge in [-0.1, -0.05) is 13.2 Å². The number of piperazine rings is 2. The maximum atomic E-state index is 13.1. The molecular weight excluding hydrogens is 1060 g/mol.